The maximum absolute atomic E-state index is 12.2. The molecule has 0 unspecified atom stereocenters. The Bertz CT molecular complexity index is 587. The van der Waals surface area contributed by atoms with E-state index in [4.69, 9.17) is 16.3 Å². The van der Waals surface area contributed by atoms with E-state index in [1.807, 2.05) is 25.1 Å². The van der Waals surface area contributed by atoms with E-state index in [1.165, 1.54) is 11.8 Å². The number of Topliss-reactive ketones (excluding diaryl/α,β-unsaturated/α-hetero) is 1. The average molecular weight is 308 g/mol. The zero-order valence-corrected chi connectivity index (χ0v) is 12.6. The van der Waals surface area contributed by atoms with Crippen molar-refractivity contribution in [2.45, 2.75) is 11.9 Å². The van der Waals surface area contributed by atoms with Crippen molar-refractivity contribution in [1.29, 1.82) is 0 Å². The van der Waals surface area contributed by atoms with Crippen LogP contribution in [0.5, 0.6) is 5.75 Å². The molecule has 2 rings (SSSR count). The van der Waals surface area contributed by atoms with Gasteiger partial charge in [0.15, 0.2) is 5.78 Å². The number of ether oxygens (including phenoxy) is 1. The summed E-state index contributed by atoms with van der Waals surface area (Å²) in [6, 6.07) is 10.8. The number of pyridine rings is 1. The number of hydrogen-bond donors (Lipinski definition) is 0. The highest BCUT2D eigenvalue weighted by Crippen LogP contribution is 2.23. The summed E-state index contributed by atoms with van der Waals surface area (Å²) in [5.41, 5.74) is 0.607. The van der Waals surface area contributed by atoms with Crippen LogP contribution in [0, 0.1) is 0 Å². The predicted molar refractivity (Wildman–Crippen MR) is 81.9 cm³/mol. The van der Waals surface area contributed by atoms with Gasteiger partial charge in [-0.05, 0) is 31.2 Å². The summed E-state index contributed by atoms with van der Waals surface area (Å²) in [6.07, 6.45) is 1.57. The molecule has 1 aromatic heterocycles. The van der Waals surface area contributed by atoms with Crippen LogP contribution in [-0.4, -0.2) is 23.1 Å². The smallest absolute Gasteiger partial charge is 0.176 e. The molecular weight excluding hydrogens is 294 g/mol. The van der Waals surface area contributed by atoms with E-state index in [0.29, 0.717) is 28.7 Å². The number of para-hydroxylation sites is 1. The lowest BCUT2D eigenvalue weighted by atomic mass is 10.1. The standard InChI is InChI=1S/C15H14ClNO2S/c1-2-19-14-6-4-3-5-12(14)13(18)10-20-15-8-7-11(16)9-17-15/h3-9H,2,10H2,1H3. The first-order valence-corrected chi connectivity index (χ1v) is 7.56. The highest BCUT2D eigenvalue weighted by molar-refractivity contribution is 7.99. The topological polar surface area (TPSA) is 39.2 Å². The summed E-state index contributed by atoms with van der Waals surface area (Å²) in [5.74, 6) is 0.971. The van der Waals surface area contributed by atoms with E-state index in [1.54, 1.807) is 24.4 Å². The number of carbonyl (C=O) groups is 1. The van der Waals surface area contributed by atoms with Crippen LogP contribution in [-0.2, 0) is 0 Å². The van der Waals surface area contributed by atoms with Crippen molar-refractivity contribution in [1.82, 2.24) is 4.98 Å². The molecule has 0 saturated heterocycles. The van der Waals surface area contributed by atoms with Gasteiger partial charge in [0, 0.05) is 6.20 Å². The minimum absolute atomic E-state index is 0.0239. The molecule has 0 amide bonds. The van der Waals surface area contributed by atoms with Crippen molar-refractivity contribution < 1.29 is 9.53 Å². The molecule has 0 N–H and O–H groups in total. The summed E-state index contributed by atoms with van der Waals surface area (Å²) < 4.78 is 5.46. The first-order chi connectivity index (χ1) is 9.70. The molecule has 0 aliphatic heterocycles. The van der Waals surface area contributed by atoms with Gasteiger partial charge in [0.1, 0.15) is 5.75 Å². The maximum Gasteiger partial charge on any atom is 0.176 e. The van der Waals surface area contributed by atoms with Crippen molar-refractivity contribution in [3.8, 4) is 5.75 Å². The quantitative estimate of drug-likeness (QED) is 0.595. The molecule has 0 spiro atoms. The molecular formula is C15H14ClNO2S. The molecule has 20 heavy (non-hydrogen) atoms. The highest BCUT2D eigenvalue weighted by atomic mass is 35.5. The predicted octanol–water partition coefficient (Wildman–Crippen LogP) is 4.11. The van der Waals surface area contributed by atoms with Crippen LogP contribution >= 0.6 is 23.4 Å². The largest absolute Gasteiger partial charge is 0.493 e. The number of rotatable bonds is 6. The van der Waals surface area contributed by atoms with E-state index in [0.717, 1.165) is 5.03 Å². The van der Waals surface area contributed by atoms with Gasteiger partial charge >= 0.3 is 0 Å². The molecule has 0 radical (unpaired) electrons. The molecule has 0 aliphatic carbocycles. The molecule has 0 saturated carbocycles. The molecule has 3 nitrogen and oxygen atoms in total. The second-order valence-corrected chi connectivity index (χ2v) is 5.39. The third-order valence-electron chi connectivity index (χ3n) is 2.54. The second kappa shape index (κ2) is 7.31. The average Bonchev–Trinajstić information content (AvgIpc) is 2.47. The fraction of sp³-hybridized carbons (Fsp3) is 0.200. The lowest BCUT2D eigenvalue weighted by Crippen LogP contribution is -2.06. The van der Waals surface area contributed by atoms with Crippen molar-refractivity contribution in [2.24, 2.45) is 0 Å². The number of halogens is 1. The monoisotopic (exact) mass is 307 g/mol. The number of ketones is 1. The molecule has 104 valence electrons. The van der Waals surface area contributed by atoms with Crippen LogP contribution in [0.4, 0.5) is 0 Å². The Morgan fingerprint density at radius 1 is 1.30 bits per heavy atom. The van der Waals surface area contributed by atoms with Crippen LogP contribution in [0.3, 0.4) is 0 Å². The van der Waals surface area contributed by atoms with Gasteiger partial charge in [0.05, 0.1) is 28.0 Å². The molecule has 0 bridgehead atoms. The molecule has 0 atom stereocenters. The zero-order chi connectivity index (χ0) is 14.4. The van der Waals surface area contributed by atoms with Gasteiger partial charge in [-0.3, -0.25) is 4.79 Å². The van der Waals surface area contributed by atoms with E-state index >= 15 is 0 Å². The van der Waals surface area contributed by atoms with Gasteiger partial charge in [0.2, 0.25) is 0 Å². The van der Waals surface area contributed by atoms with Crippen LogP contribution in [0.1, 0.15) is 17.3 Å². The number of thioether (sulfide) groups is 1. The number of hydrogen-bond acceptors (Lipinski definition) is 4. The van der Waals surface area contributed by atoms with Crippen LogP contribution in [0.25, 0.3) is 0 Å². The van der Waals surface area contributed by atoms with Crippen molar-refractivity contribution in [3.63, 3.8) is 0 Å². The van der Waals surface area contributed by atoms with Gasteiger partial charge in [-0.15, -0.1) is 0 Å². The summed E-state index contributed by atoms with van der Waals surface area (Å²) in [5, 5.41) is 1.36. The van der Waals surface area contributed by atoms with E-state index in [2.05, 4.69) is 4.98 Å². The fourth-order valence-corrected chi connectivity index (χ4v) is 2.48. The molecule has 2 aromatic rings. The Labute approximate surface area is 127 Å². The Morgan fingerprint density at radius 3 is 2.80 bits per heavy atom. The SMILES string of the molecule is CCOc1ccccc1C(=O)CSc1ccc(Cl)cn1. The number of carbonyl (C=O) groups excluding carboxylic acids is 1. The Kier molecular flexibility index (Phi) is 5.44. The van der Waals surface area contributed by atoms with E-state index in [-0.39, 0.29) is 5.78 Å². The first-order valence-electron chi connectivity index (χ1n) is 6.20. The van der Waals surface area contributed by atoms with Gasteiger partial charge < -0.3 is 4.74 Å². The maximum atomic E-state index is 12.2. The summed E-state index contributed by atoms with van der Waals surface area (Å²) in [6.45, 7) is 2.43. The normalized spacial score (nSPS) is 10.3. The summed E-state index contributed by atoms with van der Waals surface area (Å²) in [4.78, 5) is 16.4. The first kappa shape index (κ1) is 14.9. The van der Waals surface area contributed by atoms with Gasteiger partial charge in [-0.2, -0.15) is 0 Å². The van der Waals surface area contributed by atoms with Gasteiger partial charge in [-0.25, -0.2) is 4.98 Å². The lowest BCUT2D eigenvalue weighted by Gasteiger charge is -2.08. The molecule has 0 fully saturated rings. The summed E-state index contributed by atoms with van der Waals surface area (Å²) >= 11 is 7.15. The Morgan fingerprint density at radius 2 is 2.10 bits per heavy atom. The molecule has 0 aliphatic rings. The van der Waals surface area contributed by atoms with Gasteiger partial charge in [0.25, 0.3) is 0 Å². The van der Waals surface area contributed by atoms with E-state index < -0.39 is 0 Å². The number of aromatic nitrogens is 1. The van der Waals surface area contributed by atoms with Crippen molar-refractivity contribution >= 4 is 29.1 Å². The molecule has 1 heterocycles. The second-order valence-electron chi connectivity index (χ2n) is 3.96. The Balaban J connectivity index is 2.03. The van der Waals surface area contributed by atoms with Gasteiger partial charge in [-0.1, -0.05) is 35.5 Å². The third-order valence-corrected chi connectivity index (χ3v) is 3.71. The van der Waals surface area contributed by atoms with Crippen molar-refractivity contribution in [3.05, 3.63) is 53.2 Å². The third kappa shape index (κ3) is 3.99. The lowest BCUT2D eigenvalue weighted by molar-refractivity contribution is 0.101. The van der Waals surface area contributed by atoms with Crippen LogP contribution in [0.2, 0.25) is 5.02 Å². The molecule has 5 heteroatoms. The number of nitrogens with zero attached hydrogens (tertiary/aromatic N) is 1. The Hall–Kier alpha value is -1.52. The van der Waals surface area contributed by atoms with Crippen LogP contribution in [0.15, 0.2) is 47.6 Å². The summed E-state index contributed by atoms with van der Waals surface area (Å²) in [7, 11) is 0. The van der Waals surface area contributed by atoms with E-state index in [9.17, 15) is 4.79 Å². The molecule has 1 aromatic carbocycles. The highest BCUT2D eigenvalue weighted by Gasteiger charge is 2.12. The van der Waals surface area contributed by atoms with Crippen LogP contribution < -0.4 is 4.74 Å². The minimum atomic E-state index is 0.0239. The minimum Gasteiger partial charge on any atom is -0.493 e. The fourth-order valence-electron chi connectivity index (χ4n) is 1.64. The van der Waals surface area contributed by atoms with Crippen molar-refractivity contribution in [2.75, 3.05) is 12.4 Å². The number of benzene rings is 1. The zero-order valence-electron chi connectivity index (χ0n) is 11.0.